The van der Waals surface area contributed by atoms with Gasteiger partial charge in [0.15, 0.2) is 6.10 Å². The molecule has 1 fully saturated rings. The first-order valence-corrected chi connectivity index (χ1v) is 12.8. The highest BCUT2D eigenvalue weighted by Crippen LogP contribution is 2.31. The number of rotatable bonds is 11. The molecule has 0 bridgehead atoms. The van der Waals surface area contributed by atoms with Gasteiger partial charge >= 0.3 is 6.09 Å². The van der Waals surface area contributed by atoms with Crippen LogP contribution in [0.2, 0.25) is 0 Å². The van der Waals surface area contributed by atoms with Crippen LogP contribution in [0, 0.1) is 6.92 Å². The Hall–Kier alpha value is -4.66. The Bertz CT molecular complexity index is 1430. The van der Waals surface area contributed by atoms with E-state index in [2.05, 4.69) is 26.0 Å². The van der Waals surface area contributed by atoms with Crippen molar-refractivity contribution in [2.24, 2.45) is 5.73 Å². The van der Waals surface area contributed by atoms with E-state index in [1.54, 1.807) is 22.2 Å². The van der Waals surface area contributed by atoms with Crippen molar-refractivity contribution in [1.29, 1.82) is 0 Å². The molecule has 15 nitrogen and oxygen atoms in total. The first kappa shape index (κ1) is 28.4. The zero-order valence-corrected chi connectivity index (χ0v) is 22.5. The third kappa shape index (κ3) is 6.31. The Kier molecular flexibility index (Phi) is 8.83. The molecule has 214 valence electrons. The number of morpholine rings is 1. The number of hydrogen-bond donors (Lipinski definition) is 4. The summed E-state index contributed by atoms with van der Waals surface area (Å²) in [6.07, 6.45) is -1.12. The number of hydrogen-bond acceptors (Lipinski definition) is 9. The van der Waals surface area contributed by atoms with Crippen LogP contribution in [-0.2, 0) is 27.4 Å². The molecule has 0 radical (unpaired) electrons. The van der Waals surface area contributed by atoms with E-state index in [-0.39, 0.29) is 30.6 Å². The largest absolute Gasteiger partial charge is 0.494 e. The topological polar surface area (TPSA) is 194 Å². The lowest BCUT2D eigenvalue weighted by atomic mass is 10.1. The standard InChI is InChI=1S/C25H32N8O7/c1-4-33-17(10-14(2)31-33)22(35)30-24-29-16-11-15(21(26)34)12-18(38-3)20(16)32(24)8-5-6-28-25(37)40-13-19-23(36)27-7-9-39-19/h10-12,19H,4-9,13H2,1-3H3,(H2,26,34)(H,27,36)(H,28,37)(H,29,30,35). The van der Waals surface area contributed by atoms with Gasteiger partial charge in [-0.2, -0.15) is 5.10 Å². The molecule has 0 aliphatic carbocycles. The molecular weight excluding hydrogens is 524 g/mol. The minimum Gasteiger partial charge on any atom is -0.494 e. The summed E-state index contributed by atoms with van der Waals surface area (Å²) < 4.78 is 19.2. The molecular formula is C25H32N8O7. The number of methoxy groups -OCH3 is 1. The fourth-order valence-electron chi connectivity index (χ4n) is 4.29. The van der Waals surface area contributed by atoms with Gasteiger partial charge in [-0.1, -0.05) is 0 Å². The molecule has 15 heteroatoms. The maximum atomic E-state index is 13.2. The van der Waals surface area contributed by atoms with E-state index < -0.39 is 24.0 Å². The van der Waals surface area contributed by atoms with Gasteiger partial charge in [0.2, 0.25) is 11.9 Å². The van der Waals surface area contributed by atoms with Crippen molar-refractivity contribution >= 4 is 40.8 Å². The highest BCUT2D eigenvalue weighted by molar-refractivity contribution is 6.04. The van der Waals surface area contributed by atoms with Crippen LogP contribution < -0.4 is 26.4 Å². The molecule has 1 aliphatic rings. The van der Waals surface area contributed by atoms with E-state index in [0.29, 0.717) is 60.8 Å². The van der Waals surface area contributed by atoms with Crippen LogP contribution in [0.15, 0.2) is 18.2 Å². The van der Waals surface area contributed by atoms with Gasteiger partial charge in [0.25, 0.3) is 11.8 Å². The predicted molar refractivity (Wildman–Crippen MR) is 142 cm³/mol. The maximum absolute atomic E-state index is 13.2. The van der Waals surface area contributed by atoms with Crippen LogP contribution in [0.5, 0.6) is 5.75 Å². The number of carbonyl (C=O) groups is 4. The number of nitrogens with two attached hydrogens (primary N) is 1. The van der Waals surface area contributed by atoms with Crippen LogP contribution in [-0.4, -0.2) is 82.7 Å². The maximum Gasteiger partial charge on any atom is 0.407 e. The number of primary amides is 1. The number of nitrogens with zero attached hydrogens (tertiary/aromatic N) is 4. The van der Waals surface area contributed by atoms with Crippen LogP contribution in [0.1, 0.15) is 39.9 Å². The molecule has 1 saturated heterocycles. The normalized spacial score (nSPS) is 15.0. The predicted octanol–water partition coefficient (Wildman–Crippen LogP) is 0.552. The number of amides is 4. The number of fused-ring (bicyclic) bond motifs is 1. The van der Waals surface area contributed by atoms with Gasteiger partial charge in [0, 0.05) is 31.7 Å². The van der Waals surface area contributed by atoms with Crippen molar-refractivity contribution < 1.29 is 33.4 Å². The summed E-state index contributed by atoms with van der Waals surface area (Å²) in [4.78, 5) is 53.4. The van der Waals surface area contributed by atoms with Crippen molar-refractivity contribution in [3.05, 3.63) is 35.2 Å². The summed E-state index contributed by atoms with van der Waals surface area (Å²) in [6.45, 7) is 5.27. The number of benzene rings is 1. The van der Waals surface area contributed by atoms with Crippen LogP contribution in [0.3, 0.4) is 0 Å². The van der Waals surface area contributed by atoms with Crippen LogP contribution in [0.4, 0.5) is 10.7 Å². The Balaban J connectivity index is 1.50. The van der Waals surface area contributed by atoms with E-state index in [0.717, 1.165) is 0 Å². The molecule has 4 rings (SSSR count). The molecule has 4 amide bonds. The number of aryl methyl sites for hydroxylation is 3. The SMILES string of the molecule is CCn1nc(C)cc1C(=O)Nc1nc2cc(C(N)=O)cc(OC)c2n1CCCNC(=O)OCC1OCCNC1=O. The summed E-state index contributed by atoms with van der Waals surface area (Å²) in [5.74, 6) is -0.840. The average molecular weight is 557 g/mol. The van der Waals surface area contributed by atoms with Gasteiger partial charge in [0.05, 0.1) is 24.9 Å². The van der Waals surface area contributed by atoms with E-state index >= 15 is 0 Å². The van der Waals surface area contributed by atoms with Crippen molar-refractivity contribution in [3.63, 3.8) is 0 Å². The van der Waals surface area contributed by atoms with E-state index in [4.69, 9.17) is 19.9 Å². The molecule has 3 heterocycles. The second kappa shape index (κ2) is 12.5. The van der Waals surface area contributed by atoms with E-state index in [1.165, 1.54) is 19.2 Å². The summed E-state index contributed by atoms with van der Waals surface area (Å²) in [5.41, 5.74) is 7.66. The molecule has 1 aliphatic heterocycles. The number of nitrogens with one attached hydrogen (secondary N) is 3. The quantitative estimate of drug-likeness (QED) is 0.244. The number of aromatic nitrogens is 4. The summed E-state index contributed by atoms with van der Waals surface area (Å²) >= 11 is 0. The molecule has 5 N–H and O–H groups in total. The highest BCUT2D eigenvalue weighted by Gasteiger charge is 2.25. The second-order valence-electron chi connectivity index (χ2n) is 8.97. The molecule has 3 aromatic rings. The van der Waals surface area contributed by atoms with Gasteiger partial charge in [-0.15, -0.1) is 0 Å². The minimum absolute atomic E-state index is 0.201. The molecule has 1 unspecified atom stereocenters. The summed E-state index contributed by atoms with van der Waals surface area (Å²) in [6, 6.07) is 4.70. The Morgan fingerprint density at radius 1 is 1.27 bits per heavy atom. The first-order chi connectivity index (χ1) is 19.2. The molecule has 40 heavy (non-hydrogen) atoms. The Labute approximate surface area is 229 Å². The zero-order valence-electron chi connectivity index (χ0n) is 22.5. The Morgan fingerprint density at radius 2 is 2.08 bits per heavy atom. The van der Waals surface area contributed by atoms with Crippen molar-refractivity contribution in [3.8, 4) is 5.75 Å². The van der Waals surface area contributed by atoms with Gasteiger partial charge in [-0.3, -0.25) is 24.4 Å². The van der Waals surface area contributed by atoms with E-state index in [1.807, 2.05) is 6.92 Å². The lowest BCUT2D eigenvalue weighted by Gasteiger charge is -2.22. The number of ether oxygens (including phenoxy) is 3. The molecule has 1 aromatic carbocycles. The van der Waals surface area contributed by atoms with Gasteiger partial charge < -0.3 is 35.1 Å². The molecule has 0 spiro atoms. The second-order valence-corrected chi connectivity index (χ2v) is 8.97. The fraction of sp³-hybridized carbons (Fsp3) is 0.440. The third-order valence-corrected chi connectivity index (χ3v) is 6.18. The van der Waals surface area contributed by atoms with Gasteiger partial charge in [-0.05, 0) is 38.5 Å². The van der Waals surface area contributed by atoms with Crippen molar-refractivity contribution in [2.75, 3.05) is 38.7 Å². The lowest BCUT2D eigenvalue weighted by molar-refractivity contribution is -0.140. The smallest absolute Gasteiger partial charge is 0.407 e. The van der Waals surface area contributed by atoms with Gasteiger partial charge in [-0.25, -0.2) is 9.78 Å². The summed E-state index contributed by atoms with van der Waals surface area (Å²) in [5, 5.41) is 12.4. The first-order valence-electron chi connectivity index (χ1n) is 12.8. The number of alkyl carbamates (subject to hydrolysis) is 1. The van der Waals surface area contributed by atoms with Crippen LogP contribution >= 0.6 is 0 Å². The van der Waals surface area contributed by atoms with Crippen molar-refractivity contribution in [2.45, 2.75) is 39.5 Å². The fourth-order valence-corrected chi connectivity index (χ4v) is 4.29. The monoisotopic (exact) mass is 556 g/mol. The third-order valence-electron chi connectivity index (χ3n) is 6.18. The summed E-state index contributed by atoms with van der Waals surface area (Å²) in [7, 11) is 1.45. The minimum atomic E-state index is -0.839. The molecule has 1 atom stereocenters. The van der Waals surface area contributed by atoms with Crippen LogP contribution in [0.25, 0.3) is 11.0 Å². The number of carbonyl (C=O) groups excluding carboxylic acids is 4. The molecule has 2 aromatic heterocycles. The van der Waals surface area contributed by atoms with Gasteiger partial charge in [0.1, 0.15) is 23.6 Å². The Morgan fingerprint density at radius 3 is 2.77 bits per heavy atom. The highest BCUT2D eigenvalue weighted by atomic mass is 16.6. The number of imidazole rings is 1. The average Bonchev–Trinajstić information content (AvgIpc) is 3.49. The van der Waals surface area contributed by atoms with Crippen molar-refractivity contribution in [1.82, 2.24) is 30.0 Å². The number of anilines is 1. The molecule has 0 saturated carbocycles. The lowest BCUT2D eigenvalue weighted by Crippen LogP contribution is -2.47. The van der Waals surface area contributed by atoms with E-state index in [9.17, 15) is 19.2 Å². The zero-order chi connectivity index (χ0) is 28.8.